The summed E-state index contributed by atoms with van der Waals surface area (Å²) in [4.78, 5) is 14.5. The summed E-state index contributed by atoms with van der Waals surface area (Å²) in [5.74, 6) is 1.27. The standard InChI is InChI=1S/C13H11BrN4OS/c1-2-9-4-10-11(17-13(15)18-12(10)20-9)19-8-3-7(14)5-16-6-8/h3-6H,2H2,1H3,(H2,15,17,18). The zero-order valence-corrected chi connectivity index (χ0v) is 13.0. The minimum Gasteiger partial charge on any atom is -0.436 e. The van der Waals surface area contributed by atoms with Gasteiger partial charge in [-0.1, -0.05) is 6.92 Å². The van der Waals surface area contributed by atoms with Crippen molar-refractivity contribution in [3.63, 3.8) is 0 Å². The summed E-state index contributed by atoms with van der Waals surface area (Å²) in [6.45, 7) is 2.10. The fourth-order valence-electron chi connectivity index (χ4n) is 1.77. The first-order valence-corrected chi connectivity index (χ1v) is 7.61. The van der Waals surface area contributed by atoms with Gasteiger partial charge in [0.1, 0.15) is 10.6 Å². The topological polar surface area (TPSA) is 73.9 Å². The molecule has 20 heavy (non-hydrogen) atoms. The van der Waals surface area contributed by atoms with Crippen molar-refractivity contribution in [2.24, 2.45) is 0 Å². The second kappa shape index (κ2) is 5.34. The predicted molar refractivity (Wildman–Crippen MR) is 83.2 cm³/mol. The van der Waals surface area contributed by atoms with Crippen LogP contribution in [0, 0.1) is 0 Å². The molecule has 3 aromatic rings. The lowest BCUT2D eigenvalue weighted by atomic mass is 10.3. The predicted octanol–water partition coefficient (Wildman–Crippen LogP) is 3.79. The molecule has 0 atom stereocenters. The number of nitrogen functional groups attached to an aromatic ring is 1. The van der Waals surface area contributed by atoms with Gasteiger partial charge in [-0.05, 0) is 34.5 Å². The van der Waals surface area contributed by atoms with Gasteiger partial charge in [-0.25, -0.2) is 4.98 Å². The Labute approximate surface area is 128 Å². The fraction of sp³-hybridized carbons (Fsp3) is 0.154. The minimum atomic E-state index is 0.208. The zero-order chi connectivity index (χ0) is 14.1. The van der Waals surface area contributed by atoms with Crippen molar-refractivity contribution in [3.8, 4) is 11.6 Å². The fourth-order valence-corrected chi connectivity index (χ4v) is 3.08. The number of fused-ring (bicyclic) bond motifs is 1. The second-order valence-electron chi connectivity index (χ2n) is 4.11. The SMILES string of the molecule is CCc1cc2c(Oc3cncc(Br)c3)nc(N)nc2s1. The first-order chi connectivity index (χ1) is 9.65. The molecule has 0 unspecified atom stereocenters. The molecule has 3 aromatic heterocycles. The number of hydrogen-bond donors (Lipinski definition) is 1. The molecule has 0 aliphatic rings. The first-order valence-electron chi connectivity index (χ1n) is 6.00. The van der Waals surface area contributed by atoms with Crippen molar-refractivity contribution >= 4 is 43.4 Å². The van der Waals surface area contributed by atoms with Crippen LogP contribution < -0.4 is 10.5 Å². The molecular weight excluding hydrogens is 340 g/mol. The lowest BCUT2D eigenvalue weighted by Crippen LogP contribution is -1.97. The summed E-state index contributed by atoms with van der Waals surface area (Å²) in [5, 5.41) is 0.876. The molecular formula is C13H11BrN4OS. The van der Waals surface area contributed by atoms with Crippen LogP contribution in [-0.4, -0.2) is 15.0 Å². The van der Waals surface area contributed by atoms with Crippen molar-refractivity contribution in [3.05, 3.63) is 33.9 Å². The lowest BCUT2D eigenvalue weighted by Gasteiger charge is -2.06. The highest BCUT2D eigenvalue weighted by Gasteiger charge is 2.12. The molecule has 0 saturated carbocycles. The number of nitrogens with zero attached hydrogens (tertiary/aromatic N) is 3. The van der Waals surface area contributed by atoms with E-state index < -0.39 is 0 Å². The Kier molecular flexibility index (Phi) is 3.54. The smallest absolute Gasteiger partial charge is 0.232 e. The van der Waals surface area contributed by atoms with Crippen LogP contribution in [0.3, 0.4) is 0 Å². The monoisotopic (exact) mass is 350 g/mol. The summed E-state index contributed by atoms with van der Waals surface area (Å²) >= 11 is 4.96. The van der Waals surface area contributed by atoms with E-state index in [1.165, 1.54) is 4.88 Å². The summed E-state index contributed by atoms with van der Waals surface area (Å²) in [6.07, 6.45) is 4.26. The van der Waals surface area contributed by atoms with Crippen molar-refractivity contribution in [1.82, 2.24) is 15.0 Å². The molecule has 3 heterocycles. The Balaban J connectivity index is 2.08. The van der Waals surface area contributed by atoms with Gasteiger partial charge in [0.25, 0.3) is 0 Å². The van der Waals surface area contributed by atoms with E-state index in [-0.39, 0.29) is 5.95 Å². The number of aromatic nitrogens is 3. The molecule has 2 N–H and O–H groups in total. The van der Waals surface area contributed by atoms with E-state index in [1.807, 2.05) is 12.1 Å². The number of nitrogens with two attached hydrogens (primary N) is 1. The molecule has 0 spiro atoms. The van der Waals surface area contributed by atoms with Gasteiger partial charge >= 0.3 is 0 Å². The van der Waals surface area contributed by atoms with Crippen molar-refractivity contribution in [1.29, 1.82) is 0 Å². The molecule has 0 aliphatic carbocycles. The Bertz CT molecular complexity index is 774. The Morgan fingerprint density at radius 2 is 2.15 bits per heavy atom. The van der Waals surface area contributed by atoms with Crippen LogP contribution in [0.2, 0.25) is 0 Å². The highest BCUT2D eigenvalue weighted by molar-refractivity contribution is 9.10. The second-order valence-corrected chi connectivity index (χ2v) is 6.14. The molecule has 0 aliphatic heterocycles. The number of thiophene rings is 1. The molecule has 5 nitrogen and oxygen atoms in total. The summed E-state index contributed by atoms with van der Waals surface area (Å²) in [5.41, 5.74) is 5.74. The summed E-state index contributed by atoms with van der Waals surface area (Å²) < 4.78 is 6.63. The zero-order valence-electron chi connectivity index (χ0n) is 10.6. The van der Waals surface area contributed by atoms with Gasteiger partial charge in [0.2, 0.25) is 11.8 Å². The van der Waals surface area contributed by atoms with Crippen molar-refractivity contribution < 1.29 is 4.74 Å². The molecule has 3 rings (SSSR count). The molecule has 0 aromatic carbocycles. The molecule has 0 saturated heterocycles. The Morgan fingerprint density at radius 1 is 1.30 bits per heavy atom. The van der Waals surface area contributed by atoms with E-state index in [4.69, 9.17) is 10.5 Å². The average Bonchev–Trinajstić information content (AvgIpc) is 2.82. The Morgan fingerprint density at radius 3 is 2.90 bits per heavy atom. The maximum atomic E-state index is 5.79. The van der Waals surface area contributed by atoms with Crippen LogP contribution in [0.25, 0.3) is 10.2 Å². The number of pyridine rings is 1. The number of hydrogen-bond acceptors (Lipinski definition) is 6. The van der Waals surface area contributed by atoms with E-state index in [2.05, 4.69) is 37.8 Å². The lowest BCUT2D eigenvalue weighted by molar-refractivity contribution is 0.467. The highest BCUT2D eigenvalue weighted by Crippen LogP contribution is 2.33. The highest BCUT2D eigenvalue weighted by atomic mass is 79.9. The van der Waals surface area contributed by atoms with E-state index in [1.54, 1.807) is 23.7 Å². The van der Waals surface area contributed by atoms with E-state index >= 15 is 0 Å². The molecule has 0 radical (unpaired) electrons. The molecule has 7 heteroatoms. The third-order valence-electron chi connectivity index (χ3n) is 2.67. The van der Waals surface area contributed by atoms with Gasteiger partial charge in [-0.3, -0.25) is 4.98 Å². The van der Waals surface area contributed by atoms with Crippen molar-refractivity contribution in [2.45, 2.75) is 13.3 Å². The van der Waals surface area contributed by atoms with Crippen LogP contribution >= 0.6 is 27.3 Å². The molecule has 0 bridgehead atoms. The van der Waals surface area contributed by atoms with Gasteiger partial charge in [0.05, 0.1) is 11.6 Å². The number of aryl methyl sites for hydroxylation is 1. The third kappa shape index (κ3) is 2.59. The van der Waals surface area contributed by atoms with Gasteiger partial charge in [0, 0.05) is 15.5 Å². The van der Waals surface area contributed by atoms with Crippen LogP contribution in [-0.2, 0) is 6.42 Å². The van der Waals surface area contributed by atoms with Crippen molar-refractivity contribution in [2.75, 3.05) is 5.73 Å². The van der Waals surface area contributed by atoms with E-state index in [9.17, 15) is 0 Å². The first kappa shape index (κ1) is 13.3. The molecule has 102 valence electrons. The molecule has 0 amide bonds. The average molecular weight is 351 g/mol. The van der Waals surface area contributed by atoms with Gasteiger partial charge in [-0.15, -0.1) is 11.3 Å². The quantitative estimate of drug-likeness (QED) is 0.777. The Hall–Kier alpha value is -1.73. The maximum absolute atomic E-state index is 5.79. The number of halogens is 1. The number of rotatable bonds is 3. The third-order valence-corrected chi connectivity index (χ3v) is 4.28. The number of ether oxygens (including phenoxy) is 1. The van der Waals surface area contributed by atoms with E-state index in [0.29, 0.717) is 11.6 Å². The van der Waals surface area contributed by atoms with Gasteiger partial charge < -0.3 is 10.5 Å². The molecule has 0 fully saturated rings. The minimum absolute atomic E-state index is 0.208. The van der Waals surface area contributed by atoms with Crippen LogP contribution in [0.4, 0.5) is 5.95 Å². The normalized spacial score (nSPS) is 10.9. The maximum Gasteiger partial charge on any atom is 0.232 e. The van der Waals surface area contributed by atoms with Crippen LogP contribution in [0.1, 0.15) is 11.8 Å². The van der Waals surface area contributed by atoms with Crippen LogP contribution in [0.15, 0.2) is 29.0 Å². The summed E-state index contributed by atoms with van der Waals surface area (Å²) in [7, 11) is 0. The largest absolute Gasteiger partial charge is 0.436 e. The number of anilines is 1. The van der Waals surface area contributed by atoms with Gasteiger partial charge in [-0.2, -0.15) is 4.98 Å². The van der Waals surface area contributed by atoms with Crippen LogP contribution in [0.5, 0.6) is 11.6 Å². The van der Waals surface area contributed by atoms with Gasteiger partial charge in [0.15, 0.2) is 0 Å². The summed E-state index contributed by atoms with van der Waals surface area (Å²) in [6, 6.07) is 3.87. The van der Waals surface area contributed by atoms with E-state index in [0.717, 1.165) is 21.1 Å².